The van der Waals surface area contributed by atoms with E-state index in [9.17, 15) is 4.79 Å². The number of aromatic nitrogens is 4. The maximum Gasteiger partial charge on any atom is 0.350 e. The highest BCUT2D eigenvalue weighted by Crippen LogP contribution is 2.18. The third-order valence-electron chi connectivity index (χ3n) is 2.51. The predicted octanol–water partition coefficient (Wildman–Crippen LogP) is 0.950. The van der Waals surface area contributed by atoms with E-state index in [0.717, 1.165) is 5.01 Å². The molecular weight excluding hydrogens is 292 g/mol. The lowest BCUT2D eigenvalue weighted by Crippen LogP contribution is -2.17. The van der Waals surface area contributed by atoms with Crippen molar-refractivity contribution < 1.29 is 9.53 Å². The van der Waals surface area contributed by atoms with Crippen LogP contribution in [0, 0.1) is 13.8 Å². The molecule has 2 N–H and O–H groups in total. The van der Waals surface area contributed by atoms with E-state index in [1.54, 1.807) is 25.9 Å². The minimum absolute atomic E-state index is 0.0667. The molecule has 0 aliphatic heterocycles. The van der Waals surface area contributed by atoms with Gasteiger partial charge in [0.2, 0.25) is 11.9 Å². The number of anilines is 2. The molecule has 0 aliphatic rings. The molecule has 2 rings (SSSR count). The molecule has 0 saturated heterocycles. The van der Waals surface area contributed by atoms with Crippen molar-refractivity contribution in [1.82, 2.24) is 19.9 Å². The number of esters is 1. The van der Waals surface area contributed by atoms with Gasteiger partial charge in [-0.1, -0.05) is 0 Å². The molecule has 8 nitrogen and oxygen atoms in total. The van der Waals surface area contributed by atoms with Crippen LogP contribution in [0.2, 0.25) is 0 Å². The standard InChI is InChI=1S/C12H16N6O2S/c1-6-9(21-7(2)14-6)10(19)20-5-8-15-11(13)17-12(16-8)18(3)4/h5H2,1-4H3,(H2,13,15,16,17). The van der Waals surface area contributed by atoms with Crippen LogP contribution in [0.3, 0.4) is 0 Å². The first-order chi connectivity index (χ1) is 9.86. The van der Waals surface area contributed by atoms with Gasteiger partial charge in [-0.05, 0) is 13.8 Å². The fraction of sp³-hybridized carbons (Fsp3) is 0.417. The quantitative estimate of drug-likeness (QED) is 0.832. The minimum atomic E-state index is -0.441. The zero-order valence-corrected chi connectivity index (χ0v) is 13.1. The maximum absolute atomic E-state index is 12.0. The highest BCUT2D eigenvalue weighted by Gasteiger charge is 2.16. The summed E-state index contributed by atoms with van der Waals surface area (Å²) in [6.07, 6.45) is 0. The molecule has 0 radical (unpaired) electrons. The zero-order valence-electron chi connectivity index (χ0n) is 12.2. The molecule has 0 amide bonds. The smallest absolute Gasteiger partial charge is 0.350 e. The van der Waals surface area contributed by atoms with Crippen molar-refractivity contribution in [1.29, 1.82) is 0 Å². The van der Waals surface area contributed by atoms with E-state index in [-0.39, 0.29) is 12.6 Å². The van der Waals surface area contributed by atoms with Crippen LogP contribution < -0.4 is 10.6 Å². The molecule has 0 aliphatic carbocycles. The number of nitrogens with two attached hydrogens (primary N) is 1. The Labute approximate surface area is 126 Å². The molecule has 0 atom stereocenters. The Morgan fingerprint density at radius 1 is 1.24 bits per heavy atom. The summed E-state index contributed by atoms with van der Waals surface area (Å²) in [5.74, 6) is 0.366. The average Bonchev–Trinajstić information content (AvgIpc) is 2.74. The minimum Gasteiger partial charge on any atom is -0.453 e. The lowest BCUT2D eigenvalue weighted by Gasteiger charge is -2.11. The van der Waals surface area contributed by atoms with Gasteiger partial charge in [0.1, 0.15) is 4.88 Å². The van der Waals surface area contributed by atoms with Crippen molar-refractivity contribution >= 4 is 29.2 Å². The van der Waals surface area contributed by atoms with Gasteiger partial charge in [-0.2, -0.15) is 15.0 Å². The monoisotopic (exact) mass is 308 g/mol. The average molecular weight is 308 g/mol. The first-order valence-electron chi connectivity index (χ1n) is 6.15. The van der Waals surface area contributed by atoms with Crippen molar-refractivity contribution in [2.45, 2.75) is 20.5 Å². The molecule has 21 heavy (non-hydrogen) atoms. The van der Waals surface area contributed by atoms with E-state index in [1.807, 2.05) is 6.92 Å². The van der Waals surface area contributed by atoms with Gasteiger partial charge in [0, 0.05) is 14.1 Å². The maximum atomic E-state index is 12.0. The van der Waals surface area contributed by atoms with Crippen molar-refractivity contribution in [3.05, 3.63) is 21.4 Å². The van der Waals surface area contributed by atoms with Gasteiger partial charge >= 0.3 is 5.97 Å². The summed E-state index contributed by atoms with van der Waals surface area (Å²) in [6, 6.07) is 0. The molecule has 0 spiro atoms. The summed E-state index contributed by atoms with van der Waals surface area (Å²) in [5, 5.41) is 0.818. The largest absolute Gasteiger partial charge is 0.453 e. The fourth-order valence-electron chi connectivity index (χ4n) is 1.61. The van der Waals surface area contributed by atoms with Gasteiger partial charge < -0.3 is 15.4 Å². The zero-order chi connectivity index (χ0) is 15.6. The second-order valence-electron chi connectivity index (χ2n) is 4.53. The van der Waals surface area contributed by atoms with E-state index in [0.29, 0.717) is 22.3 Å². The highest BCUT2D eigenvalue weighted by molar-refractivity contribution is 7.13. The Hall–Kier alpha value is -2.29. The molecule has 9 heteroatoms. The van der Waals surface area contributed by atoms with Gasteiger partial charge in [-0.15, -0.1) is 11.3 Å². The number of carbonyl (C=O) groups is 1. The normalized spacial score (nSPS) is 10.5. The molecule has 0 aromatic carbocycles. The number of aryl methyl sites for hydroxylation is 2. The topological polar surface area (TPSA) is 107 Å². The molecule has 112 valence electrons. The van der Waals surface area contributed by atoms with E-state index in [4.69, 9.17) is 10.5 Å². The Morgan fingerprint density at radius 2 is 1.95 bits per heavy atom. The molecule has 0 unspecified atom stereocenters. The van der Waals surface area contributed by atoms with E-state index < -0.39 is 5.97 Å². The summed E-state index contributed by atoms with van der Waals surface area (Å²) in [4.78, 5) is 30.4. The lowest BCUT2D eigenvalue weighted by molar-refractivity contribution is 0.0467. The van der Waals surface area contributed by atoms with E-state index >= 15 is 0 Å². The molecule has 0 fully saturated rings. The molecule has 0 bridgehead atoms. The van der Waals surface area contributed by atoms with Gasteiger partial charge in [0.25, 0.3) is 0 Å². The van der Waals surface area contributed by atoms with Crippen LogP contribution in [0.5, 0.6) is 0 Å². The number of thiazole rings is 1. The Balaban J connectivity index is 2.09. The molecular formula is C12H16N6O2S. The third-order valence-corrected chi connectivity index (χ3v) is 3.56. The number of nitrogen functional groups attached to an aromatic ring is 1. The van der Waals surface area contributed by atoms with Crippen molar-refractivity contribution in [3.8, 4) is 0 Å². The van der Waals surface area contributed by atoms with Crippen molar-refractivity contribution in [3.63, 3.8) is 0 Å². The van der Waals surface area contributed by atoms with Gasteiger partial charge in [-0.3, -0.25) is 0 Å². The molecule has 0 saturated carbocycles. The number of rotatable bonds is 4. The summed E-state index contributed by atoms with van der Waals surface area (Å²) in [6.45, 7) is 3.54. The predicted molar refractivity (Wildman–Crippen MR) is 79.3 cm³/mol. The second-order valence-corrected chi connectivity index (χ2v) is 5.73. The first kappa shape index (κ1) is 15.1. The van der Waals surface area contributed by atoms with Crippen LogP contribution in [-0.4, -0.2) is 40.0 Å². The Bertz CT molecular complexity index is 670. The number of carbonyl (C=O) groups excluding carboxylic acids is 1. The van der Waals surface area contributed by atoms with Gasteiger partial charge in [-0.25, -0.2) is 9.78 Å². The Morgan fingerprint density at radius 3 is 2.52 bits per heavy atom. The highest BCUT2D eigenvalue weighted by atomic mass is 32.1. The summed E-state index contributed by atoms with van der Waals surface area (Å²) in [7, 11) is 3.57. The summed E-state index contributed by atoms with van der Waals surface area (Å²) in [5.41, 5.74) is 6.26. The van der Waals surface area contributed by atoms with Crippen LogP contribution in [0.1, 0.15) is 26.2 Å². The number of nitrogens with zero attached hydrogens (tertiary/aromatic N) is 5. The second kappa shape index (κ2) is 6.00. The van der Waals surface area contributed by atoms with Crippen LogP contribution >= 0.6 is 11.3 Å². The number of hydrogen-bond acceptors (Lipinski definition) is 9. The van der Waals surface area contributed by atoms with Crippen LogP contribution in [0.4, 0.5) is 11.9 Å². The van der Waals surface area contributed by atoms with Crippen molar-refractivity contribution in [2.75, 3.05) is 24.7 Å². The third kappa shape index (κ3) is 3.63. The Kier molecular flexibility index (Phi) is 4.32. The molecule has 2 aromatic heterocycles. The van der Waals surface area contributed by atoms with E-state index in [2.05, 4.69) is 19.9 Å². The lowest BCUT2D eigenvalue weighted by atomic mass is 10.4. The summed E-state index contributed by atoms with van der Waals surface area (Å²) >= 11 is 1.30. The fourth-order valence-corrected chi connectivity index (χ4v) is 2.42. The van der Waals surface area contributed by atoms with Gasteiger partial charge in [0.05, 0.1) is 10.7 Å². The summed E-state index contributed by atoms with van der Waals surface area (Å²) < 4.78 is 5.20. The van der Waals surface area contributed by atoms with Crippen LogP contribution in [0.15, 0.2) is 0 Å². The molecule has 2 heterocycles. The van der Waals surface area contributed by atoms with Crippen molar-refractivity contribution in [2.24, 2.45) is 0 Å². The SMILES string of the molecule is Cc1nc(C)c(C(=O)OCc2nc(N)nc(N(C)C)n2)s1. The van der Waals surface area contributed by atoms with Crippen LogP contribution in [-0.2, 0) is 11.3 Å². The molecule has 2 aromatic rings. The number of hydrogen-bond donors (Lipinski definition) is 1. The van der Waals surface area contributed by atoms with Gasteiger partial charge in [0.15, 0.2) is 12.4 Å². The number of ether oxygens (including phenoxy) is 1. The first-order valence-corrected chi connectivity index (χ1v) is 6.97. The van der Waals surface area contributed by atoms with Crippen LogP contribution in [0.25, 0.3) is 0 Å². The van der Waals surface area contributed by atoms with E-state index in [1.165, 1.54) is 11.3 Å².